The summed E-state index contributed by atoms with van der Waals surface area (Å²) in [5, 5.41) is 0. The first-order valence-electron chi connectivity index (χ1n) is 4.90. The molecule has 1 heterocycles. The molecule has 0 spiro atoms. The molecule has 0 aromatic heterocycles. The summed E-state index contributed by atoms with van der Waals surface area (Å²) in [6, 6.07) is 6.18. The quantitative estimate of drug-likeness (QED) is 0.771. The molecule has 1 aromatic carbocycles. The summed E-state index contributed by atoms with van der Waals surface area (Å²) in [4.78, 5) is 0. The molecule has 0 fully saturated rings. The number of hydrogen-bond donors (Lipinski definition) is 1. The summed E-state index contributed by atoms with van der Waals surface area (Å²) in [7, 11) is 0. The van der Waals surface area contributed by atoms with Gasteiger partial charge in [-0.05, 0) is 31.0 Å². The molecule has 1 aromatic rings. The number of benzene rings is 1. The summed E-state index contributed by atoms with van der Waals surface area (Å²) in [5.41, 5.74) is 6.93. The van der Waals surface area contributed by atoms with Crippen LogP contribution in [-0.4, -0.2) is 19.3 Å². The van der Waals surface area contributed by atoms with E-state index < -0.39 is 0 Å². The third-order valence-corrected chi connectivity index (χ3v) is 2.16. The molecular weight excluding hydrogens is 178 g/mol. The van der Waals surface area contributed by atoms with Gasteiger partial charge in [0, 0.05) is 6.04 Å². The van der Waals surface area contributed by atoms with Crippen molar-refractivity contribution in [1.29, 1.82) is 0 Å². The Hall–Kier alpha value is -1.22. The Balaban J connectivity index is 2.20. The first-order chi connectivity index (χ1) is 6.75. The summed E-state index contributed by atoms with van der Waals surface area (Å²) < 4.78 is 10.9. The zero-order chi connectivity index (χ0) is 9.97. The van der Waals surface area contributed by atoms with Crippen molar-refractivity contribution >= 4 is 0 Å². The Morgan fingerprint density at radius 3 is 2.71 bits per heavy atom. The molecule has 3 nitrogen and oxygen atoms in total. The van der Waals surface area contributed by atoms with E-state index in [2.05, 4.69) is 0 Å². The van der Waals surface area contributed by atoms with E-state index in [4.69, 9.17) is 15.2 Å². The highest BCUT2D eigenvalue weighted by atomic mass is 16.6. The third kappa shape index (κ3) is 1.99. The van der Waals surface area contributed by atoms with Gasteiger partial charge >= 0.3 is 0 Å². The van der Waals surface area contributed by atoms with E-state index in [0.717, 1.165) is 17.9 Å². The Morgan fingerprint density at radius 1 is 1.29 bits per heavy atom. The third-order valence-electron chi connectivity index (χ3n) is 2.16. The van der Waals surface area contributed by atoms with Gasteiger partial charge in [-0.3, -0.25) is 0 Å². The van der Waals surface area contributed by atoms with Crippen molar-refractivity contribution in [3.8, 4) is 11.5 Å². The normalized spacial score (nSPS) is 16.4. The van der Waals surface area contributed by atoms with Crippen LogP contribution in [0.1, 0.15) is 12.5 Å². The molecule has 0 bridgehead atoms. The molecule has 2 rings (SSSR count). The van der Waals surface area contributed by atoms with Gasteiger partial charge in [0.15, 0.2) is 11.5 Å². The minimum atomic E-state index is 0.178. The maximum absolute atomic E-state index is 5.73. The van der Waals surface area contributed by atoms with Crippen LogP contribution in [0.3, 0.4) is 0 Å². The van der Waals surface area contributed by atoms with Gasteiger partial charge in [0.2, 0.25) is 0 Å². The molecule has 3 heteroatoms. The van der Waals surface area contributed by atoms with Gasteiger partial charge < -0.3 is 15.2 Å². The van der Waals surface area contributed by atoms with Crippen molar-refractivity contribution in [1.82, 2.24) is 0 Å². The monoisotopic (exact) mass is 193 g/mol. The van der Waals surface area contributed by atoms with Crippen LogP contribution in [0, 0.1) is 0 Å². The van der Waals surface area contributed by atoms with Crippen molar-refractivity contribution in [2.75, 3.05) is 13.2 Å². The number of rotatable bonds is 2. The topological polar surface area (TPSA) is 44.5 Å². The molecule has 0 amide bonds. The molecular formula is C11H15NO2. The van der Waals surface area contributed by atoms with Crippen LogP contribution >= 0.6 is 0 Å². The molecule has 0 saturated carbocycles. The van der Waals surface area contributed by atoms with Gasteiger partial charge in [-0.25, -0.2) is 0 Å². The minimum Gasteiger partial charge on any atom is -0.486 e. The lowest BCUT2D eigenvalue weighted by molar-refractivity contribution is 0.171. The molecule has 14 heavy (non-hydrogen) atoms. The van der Waals surface area contributed by atoms with Crippen LogP contribution in [0.15, 0.2) is 18.2 Å². The van der Waals surface area contributed by atoms with Gasteiger partial charge in [-0.1, -0.05) is 6.07 Å². The molecule has 1 unspecified atom stereocenters. The molecule has 1 aliphatic heterocycles. The second-order valence-electron chi connectivity index (χ2n) is 3.66. The highest BCUT2D eigenvalue weighted by Gasteiger charge is 2.11. The van der Waals surface area contributed by atoms with Crippen molar-refractivity contribution < 1.29 is 9.47 Å². The van der Waals surface area contributed by atoms with Crippen LogP contribution in [-0.2, 0) is 6.42 Å². The van der Waals surface area contributed by atoms with Crippen LogP contribution < -0.4 is 15.2 Å². The second-order valence-corrected chi connectivity index (χ2v) is 3.66. The Labute approximate surface area is 83.8 Å². The average Bonchev–Trinajstić information content (AvgIpc) is 2.17. The standard InChI is InChI=1S/C11H15NO2/c1-8(12)6-9-2-3-10-11(7-9)14-5-4-13-10/h2-3,7-8H,4-6,12H2,1H3. The zero-order valence-electron chi connectivity index (χ0n) is 8.32. The first-order valence-corrected chi connectivity index (χ1v) is 4.90. The average molecular weight is 193 g/mol. The van der Waals surface area contributed by atoms with Crippen LogP contribution in [0.25, 0.3) is 0 Å². The van der Waals surface area contributed by atoms with E-state index in [1.165, 1.54) is 5.56 Å². The van der Waals surface area contributed by atoms with E-state index in [1.807, 2.05) is 25.1 Å². The molecule has 0 aliphatic carbocycles. The fourth-order valence-electron chi connectivity index (χ4n) is 1.59. The van der Waals surface area contributed by atoms with Crippen molar-refractivity contribution in [3.05, 3.63) is 23.8 Å². The lowest BCUT2D eigenvalue weighted by Gasteiger charge is -2.19. The minimum absolute atomic E-state index is 0.178. The van der Waals surface area contributed by atoms with E-state index in [0.29, 0.717) is 13.2 Å². The Kier molecular flexibility index (Phi) is 2.59. The van der Waals surface area contributed by atoms with Gasteiger partial charge in [0.25, 0.3) is 0 Å². The van der Waals surface area contributed by atoms with Crippen LogP contribution in [0.4, 0.5) is 0 Å². The van der Waals surface area contributed by atoms with Crippen LogP contribution in [0.2, 0.25) is 0 Å². The van der Waals surface area contributed by atoms with Gasteiger partial charge in [0.1, 0.15) is 13.2 Å². The molecule has 76 valence electrons. The van der Waals surface area contributed by atoms with Crippen molar-refractivity contribution in [2.45, 2.75) is 19.4 Å². The van der Waals surface area contributed by atoms with E-state index in [-0.39, 0.29) is 6.04 Å². The Bertz CT molecular complexity index is 323. The fraction of sp³-hybridized carbons (Fsp3) is 0.455. The van der Waals surface area contributed by atoms with Gasteiger partial charge in [-0.15, -0.1) is 0 Å². The van der Waals surface area contributed by atoms with E-state index in [9.17, 15) is 0 Å². The summed E-state index contributed by atoms with van der Waals surface area (Å²) in [6.07, 6.45) is 0.872. The number of hydrogen-bond acceptors (Lipinski definition) is 3. The highest BCUT2D eigenvalue weighted by Crippen LogP contribution is 2.30. The number of ether oxygens (including phenoxy) is 2. The predicted molar refractivity (Wildman–Crippen MR) is 54.8 cm³/mol. The Morgan fingerprint density at radius 2 is 2.00 bits per heavy atom. The predicted octanol–water partition coefficient (Wildman–Crippen LogP) is 1.35. The molecule has 1 aliphatic rings. The zero-order valence-corrected chi connectivity index (χ0v) is 8.32. The highest BCUT2D eigenvalue weighted by molar-refractivity contribution is 5.43. The molecule has 1 atom stereocenters. The van der Waals surface area contributed by atoms with Crippen molar-refractivity contribution in [3.63, 3.8) is 0 Å². The lowest BCUT2D eigenvalue weighted by atomic mass is 10.1. The molecule has 0 radical (unpaired) electrons. The molecule has 2 N–H and O–H groups in total. The molecule has 0 saturated heterocycles. The van der Waals surface area contributed by atoms with Gasteiger partial charge in [0.05, 0.1) is 0 Å². The SMILES string of the molecule is CC(N)Cc1ccc2c(c1)OCCO2. The summed E-state index contributed by atoms with van der Waals surface area (Å²) >= 11 is 0. The number of fused-ring (bicyclic) bond motifs is 1. The van der Waals surface area contributed by atoms with E-state index >= 15 is 0 Å². The number of nitrogens with two attached hydrogens (primary N) is 1. The largest absolute Gasteiger partial charge is 0.486 e. The van der Waals surface area contributed by atoms with E-state index in [1.54, 1.807) is 0 Å². The smallest absolute Gasteiger partial charge is 0.161 e. The summed E-state index contributed by atoms with van der Waals surface area (Å²) in [6.45, 7) is 3.27. The maximum atomic E-state index is 5.73. The lowest BCUT2D eigenvalue weighted by Crippen LogP contribution is -2.19. The first kappa shape index (κ1) is 9.34. The fourth-order valence-corrected chi connectivity index (χ4v) is 1.59. The van der Waals surface area contributed by atoms with Gasteiger partial charge in [-0.2, -0.15) is 0 Å². The van der Waals surface area contributed by atoms with Crippen molar-refractivity contribution in [2.24, 2.45) is 5.73 Å². The second kappa shape index (κ2) is 3.88. The summed E-state index contributed by atoms with van der Waals surface area (Å²) in [5.74, 6) is 1.68. The van der Waals surface area contributed by atoms with Crippen LogP contribution in [0.5, 0.6) is 11.5 Å². The maximum Gasteiger partial charge on any atom is 0.161 e.